The molecule has 0 aromatic rings. The van der Waals surface area contributed by atoms with Crippen molar-refractivity contribution in [3.05, 3.63) is 23.4 Å². The molecule has 152 valence electrons. The van der Waals surface area contributed by atoms with E-state index in [1.54, 1.807) is 13.8 Å². The third-order valence-electron chi connectivity index (χ3n) is 4.45. The van der Waals surface area contributed by atoms with Crippen LogP contribution in [-0.2, 0) is 33.4 Å². The summed E-state index contributed by atoms with van der Waals surface area (Å²) in [5, 5.41) is 4.93. The third kappa shape index (κ3) is 4.29. The molecule has 1 unspecified atom stereocenters. The summed E-state index contributed by atoms with van der Waals surface area (Å²) in [5.41, 5.74) is -0.494. The highest BCUT2D eigenvalue weighted by Crippen LogP contribution is 2.43. The van der Waals surface area contributed by atoms with E-state index in [1.165, 1.54) is 6.92 Å². The van der Waals surface area contributed by atoms with Crippen LogP contribution >= 0.6 is 0 Å². The van der Waals surface area contributed by atoms with Gasteiger partial charge < -0.3 is 14.2 Å². The lowest BCUT2D eigenvalue weighted by Gasteiger charge is -2.29. The van der Waals surface area contributed by atoms with Gasteiger partial charge in [0.15, 0.2) is 5.57 Å². The maximum atomic E-state index is 13.1. The van der Waals surface area contributed by atoms with Crippen molar-refractivity contribution in [1.82, 2.24) is 5.01 Å². The highest BCUT2D eigenvalue weighted by Gasteiger charge is 2.53. The lowest BCUT2D eigenvalue weighted by molar-refractivity contribution is -0.146. The van der Waals surface area contributed by atoms with Crippen molar-refractivity contribution in [3.8, 4) is 0 Å². The van der Waals surface area contributed by atoms with Crippen molar-refractivity contribution in [2.75, 3.05) is 13.2 Å². The molecule has 28 heavy (non-hydrogen) atoms. The second-order valence-electron chi connectivity index (χ2n) is 6.47. The lowest BCUT2D eigenvalue weighted by Crippen LogP contribution is -2.41. The Hall–Kier alpha value is -2.97. The molecule has 0 saturated carbocycles. The van der Waals surface area contributed by atoms with Crippen LogP contribution in [0.1, 0.15) is 47.0 Å². The second-order valence-corrected chi connectivity index (χ2v) is 6.47. The summed E-state index contributed by atoms with van der Waals surface area (Å²) in [4.78, 5) is 48.9. The number of carbonyl (C=O) groups excluding carboxylic acids is 4. The molecule has 0 bridgehead atoms. The van der Waals surface area contributed by atoms with E-state index in [1.807, 2.05) is 13.0 Å². The molecule has 0 radical (unpaired) electrons. The Bertz CT molecular complexity index is 761. The standard InChI is InChI=1S/C19H24N2O7/c1-5-26-15(23)14(16(24)27-6-2)11-21-18(25)19(9-7-12(3)8-10-19)17(20-21)28-13(4)22/h7,11H,5-6,8-10H2,1-4H3. The second kappa shape index (κ2) is 8.81. The van der Waals surface area contributed by atoms with Gasteiger partial charge in [0.05, 0.1) is 19.4 Å². The lowest BCUT2D eigenvalue weighted by atomic mass is 9.74. The molecule has 2 rings (SSSR count). The maximum absolute atomic E-state index is 13.1. The van der Waals surface area contributed by atoms with E-state index < -0.39 is 34.8 Å². The predicted molar refractivity (Wildman–Crippen MR) is 97.4 cm³/mol. The minimum atomic E-state index is -1.14. The summed E-state index contributed by atoms with van der Waals surface area (Å²) < 4.78 is 14.9. The fraction of sp³-hybridized carbons (Fsp3) is 0.526. The first-order chi connectivity index (χ1) is 13.2. The molecule has 0 aromatic carbocycles. The average Bonchev–Trinajstić information content (AvgIpc) is 2.87. The van der Waals surface area contributed by atoms with Crippen LogP contribution in [0.4, 0.5) is 0 Å². The number of carbonyl (C=O) groups is 4. The van der Waals surface area contributed by atoms with Crippen molar-refractivity contribution < 1.29 is 33.4 Å². The Morgan fingerprint density at radius 2 is 1.82 bits per heavy atom. The molecule has 9 heteroatoms. The van der Waals surface area contributed by atoms with Crippen LogP contribution in [0.15, 0.2) is 28.5 Å². The quantitative estimate of drug-likeness (QED) is 0.175. The third-order valence-corrected chi connectivity index (χ3v) is 4.45. The topological polar surface area (TPSA) is 112 Å². The normalized spacial score (nSPS) is 21.0. The van der Waals surface area contributed by atoms with Gasteiger partial charge in [0, 0.05) is 6.92 Å². The van der Waals surface area contributed by atoms with E-state index in [9.17, 15) is 19.2 Å². The van der Waals surface area contributed by atoms with Gasteiger partial charge in [0.2, 0.25) is 5.90 Å². The Balaban J connectivity index is 2.45. The van der Waals surface area contributed by atoms with E-state index in [2.05, 4.69) is 5.10 Å². The monoisotopic (exact) mass is 392 g/mol. The molecular formula is C19H24N2O7. The zero-order valence-corrected chi connectivity index (χ0v) is 16.4. The van der Waals surface area contributed by atoms with Gasteiger partial charge in [-0.2, -0.15) is 0 Å². The molecule has 1 spiro atoms. The van der Waals surface area contributed by atoms with Gasteiger partial charge in [-0.3, -0.25) is 9.59 Å². The fourth-order valence-electron chi connectivity index (χ4n) is 2.97. The Kier molecular flexibility index (Phi) is 6.71. The summed E-state index contributed by atoms with van der Waals surface area (Å²) in [6, 6.07) is 0. The van der Waals surface area contributed by atoms with Crippen LogP contribution in [0.2, 0.25) is 0 Å². The first-order valence-corrected chi connectivity index (χ1v) is 9.08. The average molecular weight is 392 g/mol. The molecule has 1 aliphatic heterocycles. The molecule has 0 aromatic heterocycles. The zero-order chi connectivity index (χ0) is 20.9. The number of hydrazone groups is 1. The van der Waals surface area contributed by atoms with Gasteiger partial charge >= 0.3 is 17.9 Å². The van der Waals surface area contributed by atoms with E-state index in [4.69, 9.17) is 14.2 Å². The van der Waals surface area contributed by atoms with Crippen LogP contribution < -0.4 is 0 Å². The van der Waals surface area contributed by atoms with Crippen molar-refractivity contribution >= 4 is 29.7 Å². The summed E-state index contributed by atoms with van der Waals surface area (Å²) in [6.45, 7) is 6.42. The van der Waals surface area contributed by atoms with Crippen LogP contribution in [0, 0.1) is 5.41 Å². The highest BCUT2D eigenvalue weighted by molar-refractivity contribution is 6.16. The number of rotatable bonds is 5. The zero-order valence-electron chi connectivity index (χ0n) is 16.4. The van der Waals surface area contributed by atoms with Crippen LogP contribution in [0.25, 0.3) is 0 Å². The number of ether oxygens (including phenoxy) is 3. The predicted octanol–water partition coefficient (Wildman–Crippen LogP) is 1.83. The smallest absolute Gasteiger partial charge is 0.347 e. The van der Waals surface area contributed by atoms with Crippen molar-refractivity contribution in [2.45, 2.75) is 47.0 Å². The molecule has 0 N–H and O–H groups in total. The van der Waals surface area contributed by atoms with E-state index in [-0.39, 0.29) is 19.1 Å². The Morgan fingerprint density at radius 1 is 1.21 bits per heavy atom. The maximum Gasteiger partial charge on any atom is 0.347 e. The SMILES string of the molecule is CCOC(=O)C(=CN1N=C(OC(C)=O)C2(CC=C(C)CC2)C1=O)C(=O)OCC. The number of hydrogen-bond acceptors (Lipinski definition) is 8. The van der Waals surface area contributed by atoms with E-state index >= 15 is 0 Å². The van der Waals surface area contributed by atoms with Crippen LogP contribution in [-0.4, -0.2) is 47.9 Å². The number of esters is 3. The summed E-state index contributed by atoms with van der Waals surface area (Å²) in [5.74, 6) is -3.01. The van der Waals surface area contributed by atoms with Gasteiger partial charge in [-0.1, -0.05) is 11.6 Å². The first kappa shape index (κ1) is 21.3. The van der Waals surface area contributed by atoms with Crippen molar-refractivity contribution in [3.63, 3.8) is 0 Å². The molecule has 1 atom stereocenters. The molecule has 0 fully saturated rings. The van der Waals surface area contributed by atoms with Gasteiger partial charge in [0.25, 0.3) is 5.91 Å². The summed E-state index contributed by atoms with van der Waals surface area (Å²) in [7, 11) is 0. The summed E-state index contributed by atoms with van der Waals surface area (Å²) in [6.07, 6.45) is 4.21. The molecule has 1 aliphatic carbocycles. The van der Waals surface area contributed by atoms with Crippen LogP contribution in [0.3, 0.4) is 0 Å². The number of hydrogen-bond donors (Lipinski definition) is 0. The minimum Gasteiger partial charge on any atom is -0.462 e. The number of allylic oxidation sites excluding steroid dienone is 2. The molecular weight excluding hydrogens is 368 g/mol. The molecule has 1 heterocycles. The molecule has 0 saturated heterocycles. The first-order valence-electron chi connectivity index (χ1n) is 9.08. The number of nitrogens with zero attached hydrogens (tertiary/aromatic N) is 2. The van der Waals surface area contributed by atoms with E-state index in [0.717, 1.165) is 16.8 Å². The molecule has 9 nitrogen and oxygen atoms in total. The highest BCUT2D eigenvalue weighted by atomic mass is 16.6. The Labute approximate surface area is 163 Å². The van der Waals surface area contributed by atoms with Gasteiger partial charge in [-0.25, -0.2) is 14.6 Å². The van der Waals surface area contributed by atoms with Gasteiger partial charge in [-0.05, 0) is 40.0 Å². The molecule has 2 aliphatic rings. The van der Waals surface area contributed by atoms with Gasteiger partial charge in [0.1, 0.15) is 5.41 Å². The largest absolute Gasteiger partial charge is 0.462 e. The number of amides is 1. The van der Waals surface area contributed by atoms with Gasteiger partial charge in [-0.15, -0.1) is 5.10 Å². The van der Waals surface area contributed by atoms with Crippen molar-refractivity contribution in [2.24, 2.45) is 10.5 Å². The molecule has 1 amide bonds. The van der Waals surface area contributed by atoms with Crippen LogP contribution in [0.5, 0.6) is 0 Å². The minimum absolute atomic E-state index is 0.0412. The Morgan fingerprint density at radius 3 is 2.29 bits per heavy atom. The van der Waals surface area contributed by atoms with E-state index in [0.29, 0.717) is 19.3 Å². The summed E-state index contributed by atoms with van der Waals surface area (Å²) >= 11 is 0. The fourth-order valence-corrected chi connectivity index (χ4v) is 2.97. The van der Waals surface area contributed by atoms with Crippen molar-refractivity contribution in [1.29, 1.82) is 0 Å².